The maximum Gasteiger partial charge on any atom is 0.302 e. The largest absolute Gasteiger partial charge is 0.494 e. The number of hydrogen-bond donors (Lipinski definition) is 0. The van der Waals surface area contributed by atoms with Gasteiger partial charge in [0.05, 0.1) is 12.4 Å². The van der Waals surface area contributed by atoms with Gasteiger partial charge in [-0.05, 0) is 30.7 Å². The van der Waals surface area contributed by atoms with Crippen molar-refractivity contribution in [2.24, 2.45) is 0 Å². The van der Waals surface area contributed by atoms with Crippen LogP contribution in [-0.4, -0.2) is 20.8 Å². The molecule has 0 saturated heterocycles. The highest BCUT2D eigenvalue weighted by Crippen LogP contribution is 2.11. The molecule has 0 spiro atoms. The summed E-state index contributed by atoms with van der Waals surface area (Å²) >= 11 is 0. The van der Waals surface area contributed by atoms with Crippen molar-refractivity contribution in [2.75, 3.05) is 12.4 Å². The van der Waals surface area contributed by atoms with E-state index in [4.69, 9.17) is 4.74 Å². The molecule has 1 rings (SSSR count). The van der Waals surface area contributed by atoms with Gasteiger partial charge in [0.25, 0.3) is 0 Å². The van der Waals surface area contributed by atoms with E-state index in [-0.39, 0.29) is 18.8 Å². The zero-order valence-electron chi connectivity index (χ0n) is 7.82. The van der Waals surface area contributed by atoms with Crippen LogP contribution in [0.1, 0.15) is 6.42 Å². The molecule has 0 aliphatic carbocycles. The summed E-state index contributed by atoms with van der Waals surface area (Å²) < 4.78 is 49.8. The van der Waals surface area contributed by atoms with E-state index in [9.17, 15) is 16.7 Å². The van der Waals surface area contributed by atoms with Gasteiger partial charge in [-0.25, -0.2) is 4.39 Å². The molecule has 0 aliphatic rings. The predicted octanol–water partition coefficient (Wildman–Crippen LogP) is 1.89. The van der Waals surface area contributed by atoms with E-state index in [2.05, 4.69) is 0 Å². The standard InChI is InChI=1S/C9H10F2O3S/c10-8-2-4-9(5-3-8)14-6-1-7-15(11,12)13/h2-5H,1,6-7H2. The molecule has 84 valence electrons. The van der Waals surface area contributed by atoms with Gasteiger partial charge in [-0.1, -0.05) is 0 Å². The second-order valence-electron chi connectivity index (χ2n) is 2.90. The fraction of sp³-hybridized carbons (Fsp3) is 0.333. The third kappa shape index (κ3) is 5.31. The van der Waals surface area contributed by atoms with Gasteiger partial charge in [-0.3, -0.25) is 0 Å². The number of rotatable bonds is 5. The zero-order chi connectivity index (χ0) is 11.3. The molecule has 1 aromatic rings. The molecule has 0 heterocycles. The van der Waals surface area contributed by atoms with Crippen LogP contribution < -0.4 is 4.74 Å². The van der Waals surface area contributed by atoms with Gasteiger partial charge in [-0.2, -0.15) is 8.42 Å². The summed E-state index contributed by atoms with van der Waals surface area (Å²) in [6.45, 7) is 0.0782. The Balaban J connectivity index is 2.29. The van der Waals surface area contributed by atoms with E-state index in [1.54, 1.807) is 0 Å². The fourth-order valence-electron chi connectivity index (χ4n) is 0.952. The monoisotopic (exact) mass is 236 g/mol. The minimum absolute atomic E-state index is 0.0657. The molecule has 15 heavy (non-hydrogen) atoms. The van der Waals surface area contributed by atoms with E-state index in [0.717, 1.165) is 0 Å². The molecule has 0 amide bonds. The van der Waals surface area contributed by atoms with E-state index < -0.39 is 16.0 Å². The minimum atomic E-state index is -4.43. The van der Waals surface area contributed by atoms with E-state index in [0.29, 0.717) is 5.75 Å². The van der Waals surface area contributed by atoms with Gasteiger partial charge in [-0.15, -0.1) is 3.89 Å². The van der Waals surface area contributed by atoms with Crippen LogP contribution in [0.3, 0.4) is 0 Å². The normalized spacial score (nSPS) is 11.3. The summed E-state index contributed by atoms with van der Waals surface area (Å²) in [5, 5.41) is 0. The van der Waals surface area contributed by atoms with Crippen LogP contribution in [-0.2, 0) is 10.2 Å². The quantitative estimate of drug-likeness (QED) is 0.579. The fourth-order valence-corrected chi connectivity index (χ4v) is 1.41. The SMILES string of the molecule is O=S(=O)(F)CCCOc1ccc(F)cc1. The molecule has 0 aliphatic heterocycles. The maximum atomic E-state index is 12.4. The third-order valence-electron chi connectivity index (χ3n) is 1.61. The highest BCUT2D eigenvalue weighted by atomic mass is 32.3. The van der Waals surface area contributed by atoms with Gasteiger partial charge in [0.1, 0.15) is 11.6 Å². The Labute approximate surface area is 86.9 Å². The molecule has 0 saturated carbocycles. The number of benzene rings is 1. The molecule has 0 atom stereocenters. The maximum absolute atomic E-state index is 12.4. The molecule has 3 nitrogen and oxygen atoms in total. The van der Waals surface area contributed by atoms with Crippen molar-refractivity contribution in [2.45, 2.75) is 6.42 Å². The first-order chi connectivity index (χ1) is 6.97. The summed E-state index contributed by atoms with van der Waals surface area (Å²) in [4.78, 5) is 0. The average Bonchev–Trinajstić information content (AvgIpc) is 2.14. The second-order valence-corrected chi connectivity index (χ2v) is 4.38. The van der Waals surface area contributed by atoms with E-state index in [1.807, 2.05) is 0 Å². The van der Waals surface area contributed by atoms with Crippen molar-refractivity contribution in [1.82, 2.24) is 0 Å². The first kappa shape index (κ1) is 11.9. The summed E-state index contributed by atoms with van der Waals surface area (Å²) in [7, 11) is -4.43. The van der Waals surface area contributed by atoms with E-state index in [1.165, 1.54) is 24.3 Å². The molecule has 0 aromatic heterocycles. The molecular weight excluding hydrogens is 226 g/mol. The lowest BCUT2D eigenvalue weighted by Gasteiger charge is -2.04. The van der Waals surface area contributed by atoms with Gasteiger partial charge >= 0.3 is 10.2 Å². The van der Waals surface area contributed by atoms with Gasteiger partial charge in [0.15, 0.2) is 0 Å². The topological polar surface area (TPSA) is 43.4 Å². The van der Waals surface area contributed by atoms with Crippen molar-refractivity contribution in [3.05, 3.63) is 30.1 Å². The Bertz CT molecular complexity index is 400. The first-order valence-corrected chi connectivity index (χ1v) is 5.83. The molecule has 1 aromatic carbocycles. The zero-order valence-corrected chi connectivity index (χ0v) is 8.64. The lowest BCUT2D eigenvalue weighted by atomic mass is 10.3. The van der Waals surface area contributed by atoms with Gasteiger partial charge < -0.3 is 4.74 Å². The van der Waals surface area contributed by atoms with Crippen molar-refractivity contribution >= 4 is 10.2 Å². The summed E-state index contributed by atoms with van der Waals surface area (Å²) in [5.41, 5.74) is 0. The summed E-state index contributed by atoms with van der Waals surface area (Å²) in [6.07, 6.45) is 0.0657. The Morgan fingerprint density at radius 1 is 1.20 bits per heavy atom. The van der Waals surface area contributed by atoms with Crippen LogP contribution in [0.5, 0.6) is 5.75 Å². The van der Waals surface area contributed by atoms with Crippen molar-refractivity contribution < 1.29 is 21.4 Å². The van der Waals surface area contributed by atoms with Crippen LogP contribution in [0, 0.1) is 5.82 Å². The van der Waals surface area contributed by atoms with Crippen molar-refractivity contribution in [3.8, 4) is 5.75 Å². The summed E-state index contributed by atoms with van der Waals surface area (Å²) in [6, 6.07) is 5.28. The van der Waals surface area contributed by atoms with Crippen LogP contribution in [0.15, 0.2) is 24.3 Å². The number of halogens is 2. The number of ether oxygens (including phenoxy) is 1. The Kier molecular flexibility index (Phi) is 4.02. The first-order valence-electron chi connectivity index (χ1n) is 4.28. The molecule has 0 fully saturated rings. The Morgan fingerprint density at radius 2 is 1.80 bits per heavy atom. The van der Waals surface area contributed by atoms with Crippen LogP contribution in [0.25, 0.3) is 0 Å². The third-order valence-corrected chi connectivity index (χ3v) is 2.39. The lowest BCUT2D eigenvalue weighted by molar-refractivity contribution is 0.316. The van der Waals surface area contributed by atoms with Crippen molar-refractivity contribution in [3.63, 3.8) is 0 Å². The van der Waals surface area contributed by atoms with Crippen LogP contribution >= 0.6 is 0 Å². The van der Waals surface area contributed by atoms with Crippen LogP contribution in [0.2, 0.25) is 0 Å². The summed E-state index contributed by atoms with van der Waals surface area (Å²) in [5.74, 6) is -0.518. The highest BCUT2D eigenvalue weighted by Gasteiger charge is 2.06. The molecule has 6 heteroatoms. The van der Waals surface area contributed by atoms with Gasteiger partial charge in [0, 0.05) is 0 Å². The predicted molar refractivity (Wildman–Crippen MR) is 51.4 cm³/mol. The van der Waals surface area contributed by atoms with Gasteiger partial charge in [0.2, 0.25) is 0 Å². The molecular formula is C9H10F2O3S. The second kappa shape index (κ2) is 5.06. The smallest absolute Gasteiger partial charge is 0.302 e. The van der Waals surface area contributed by atoms with Crippen LogP contribution in [0.4, 0.5) is 8.28 Å². The minimum Gasteiger partial charge on any atom is -0.494 e. The molecule has 0 N–H and O–H groups in total. The van der Waals surface area contributed by atoms with E-state index >= 15 is 0 Å². The van der Waals surface area contributed by atoms with Crippen molar-refractivity contribution in [1.29, 1.82) is 0 Å². The average molecular weight is 236 g/mol. The number of hydrogen-bond acceptors (Lipinski definition) is 3. The molecule has 0 radical (unpaired) electrons. The molecule has 0 unspecified atom stereocenters. The highest BCUT2D eigenvalue weighted by molar-refractivity contribution is 7.86. The Hall–Kier alpha value is -1.17. The lowest BCUT2D eigenvalue weighted by Crippen LogP contribution is -2.05. The Morgan fingerprint density at radius 3 is 2.33 bits per heavy atom. The molecule has 0 bridgehead atoms.